The molecule has 0 radical (unpaired) electrons. The highest BCUT2D eigenvalue weighted by molar-refractivity contribution is 6.36. The van der Waals surface area contributed by atoms with Crippen molar-refractivity contribution in [2.24, 2.45) is 0 Å². The van der Waals surface area contributed by atoms with Crippen LogP contribution in [0.3, 0.4) is 0 Å². The summed E-state index contributed by atoms with van der Waals surface area (Å²) in [7, 11) is 0. The van der Waals surface area contributed by atoms with Crippen LogP contribution in [0, 0.1) is 11.3 Å². The summed E-state index contributed by atoms with van der Waals surface area (Å²) < 4.78 is 11.5. The number of fused-ring (bicyclic) bond motifs is 1. The highest BCUT2D eigenvalue weighted by Crippen LogP contribution is 2.50. The molecule has 2 heterocycles. The summed E-state index contributed by atoms with van der Waals surface area (Å²) in [5, 5.41) is 27.3. The van der Waals surface area contributed by atoms with Crippen molar-refractivity contribution in [2.45, 2.75) is 43.3 Å². The number of rotatable bonds is 8. The van der Waals surface area contributed by atoms with Crippen LogP contribution in [-0.4, -0.2) is 20.0 Å². The molecule has 0 amide bonds. The predicted molar refractivity (Wildman–Crippen MR) is 158 cm³/mol. The van der Waals surface area contributed by atoms with E-state index in [2.05, 4.69) is 44.1 Å². The zero-order chi connectivity index (χ0) is 28.2. The zero-order valence-corrected chi connectivity index (χ0v) is 22.9. The van der Waals surface area contributed by atoms with E-state index in [9.17, 15) is 6.63 Å². The normalized spacial score (nSPS) is 17.5. The molecule has 2 aliphatic carbocycles. The summed E-state index contributed by atoms with van der Waals surface area (Å²) in [5.41, 5.74) is 4.05. The van der Waals surface area contributed by atoms with Crippen LogP contribution in [0.5, 0.6) is 0 Å². The van der Waals surface area contributed by atoms with Gasteiger partial charge in [-0.1, -0.05) is 76.9 Å². The van der Waals surface area contributed by atoms with E-state index in [0.29, 0.717) is 55.2 Å². The van der Waals surface area contributed by atoms with Gasteiger partial charge in [-0.3, -0.25) is 4.98 Å². The van der Waals surface area contributed by atoms with Crippen LogP contribution < -0.4 is 10.6 Å². The molecule has 0 unspecified atom stereocenters. The molecule has 1 atom stereocenters. The Kier molecular flexibility index (Phi) is 5.82. The van der Waals surface area contributed by atoms with Gasteiger partial charge in [0.15, 0.2) is 0 Å². The van der Waals surface area contributed by atoms with Crippen molar-refractivity contribution in [3.8, 4) is 6.07 Å². The Bertz CT molecular complexity index is 1830. The predicted octanol–water partition coefficient (Wildman–Crippen LogP) is 7.64. The molecular formula is C31H25Cl2N7. The van der Waals surface area contributed by atoms with Crippen LogP contribution in [0.2, 0.25) is 10.0 Å². The van der Waals surface area contributed by atoms with Crippen molar-refractivity contribution in [1.29, 1.82) is 5.26 Å². The molecule has 2 N–H and O–H groups in total. The Morgan fingerprint density at radius 1 is 1.05 bits per heavy atom. The maximum absolute atomic E-state index is 10.0. The van der Waals surface area contributed by atoms with Gasteiger partial charge in [0, 0.05) is 22.3 Å². The lowest BCUT2D eigenvalue weighted by atomic mass is 10.0. The van der Waals surface area contributed by atoms with Crippen LogP contribution in [0.4, 0.5) is 11.4 Å². The van der Waals surface area contributed by atoms with Gasteiger partial charge in [0.2, 0.25) is 0 Å². The van der Waals surface area contributed by atoms with Gasteiger partial charge in [-0.05, 0) is 55.0 Å². The molecule has 0 bridgehead atoms. The zero-order valence-electron chi connectivity index (χ0n) is 22.4. The largest absolute Gasteiger partial charge is 0.374 e. The van der Waals surface area contributed by atoms with E-state index in [1.165, 1.54) is 0 Å². The minimum Gasteiger partial charge on any atom is -0.374 e. The average molecular weight is 568 g/mol. The van der Waals surface area contributed by atoms with Gasteiger partial charge in [0.1, 0.15) is 11.8 Å². The Balaban J connectivity index is 1.35. The lowest BCUT2D eigenvalue weighted by Crippen LogP contribution is -2.20. The van der Waals surface area contributed by atoms with Crippen molar-refractivity contribution in [3.05, 3.63) is 112 Å². The number of hydrogen-bond acceptors (Lipinski definition) is 6. The highest BCUT2D eigenvalue weighted by atomic mass is 35.5. The third-order valence-electron chi connectivity index (χ3n) is 7.59. The maximum atomic E-state index is 10.0. The molecule has 2 aromatic heterocycles. The second kappa shape index (κ2) is 9.81. The quantitative estimate of drug-likeness (QED) is 0.200. The van der Waals surface area contributed by atoms with Gasteiger partial charge >= 0.3 is 0 Å². The minimum absolute atomic E-state index is 0.269. The standard InChI is InChI=1S/C31H25Cl2N7/c32-25-9-5-4-8-23(25)30(27-18-40(39-38-27)22-10-11-22)36-21-14-24-28(19(16-34)17-35-29(24)26(33)15-21)37-31(12-13-31)20-6-2-1-3-7-20/h1-9,14-15,17-18,22,30,36H,10-13H2,(H,35,37)/t30-/m1/s1/i30D. The number of nitrogens with one attached hydrogen (secondary N) is 2. The lowest BCUT2D eigenvalue weighted by Gasteiger charge is -2.23. The van der Waals surface area contributed by atoms with Crippen molar-refractivity contribution < 1.29 is 1.37 Å². The van der Waals surface area contributed by atoms with Crippen LogP contribution >= 0.6 is 23.2 Å². The molecule has 0 spiro atoms. The van der Waals surface area contributed by atoms with E-state index < -0.39 is 6.02 Å². The van der Waals surface area contributed by atoms with E-state index in [1.807, 2.05) is 47.3 Å². The summed E-state index contributed by atoms with van der Waals surface area (Å²) in [5.74, 6) is 0. The summed E-state index contributed by atoms with van der Waals surface area (Å²) >= 11 is 13.4. The molecule has 2 aliphatic rings. The number of hydrogen-bond donors (Lipinski definition) is 2. The van der Waals surface area contributed by atoms with E-state index in [1.54, 1.807) is 24.4 Å². The summed E-state index contributed by atoms with van der Waals surface area (Å²) in [6.07, 6.45) is 7.33. The first-order valence-corrected chi connectivity index (χ1v) is 14.0. The topological polar surface area (TPSA) is 91.5 Å². The van der Waals surface area contributed by atoms with E-state index in [0.717, 1.165) is 31.2 Å². The van der Waals surface area contributed by atoms with Crippen molar-refractivity contribution in [1.82, 2.24) is 20.0 Å². The second-order valence-corrected chi connectivity index (χ2v) is 11.2. The molecule has 198 valence electrons. The monoisotopic (exact) mass is 566 g/mol. The molecule has 40 heavy (non-hydrogen) atoms. The van der Waals surface area contributed by atoms with Gasteiger partial charge < -0.3 is 10.6 Å². The molecule has 7 nitrogen and oxygen atoms in total. The summed E-state index contributed by atoms with van der Waals surface area (Å²) in [6.45, 7) is 0. The minimum atomic E-state index is -1.57. The maximum Gasteiger partial charge on any atom is 0.110 e. The van der Waals surface area contributed by atoms with Gasteiger partial charge in [0.25, 0.3) is 0 Å². The highest BCUT2D eigenvalue weighted by Gasteiger charge is 2.45. The molecule has 7 rings (SSSR count). The second-order valence-electron chi connectivity index (χ2n) is 10.4. The number of aromatic nitrogens is 4. The number of anilines is 2. The molecule has 0 saturated heterocycles. The number of nitrogens with zero attached hydrogens (tertiary/aromatic N) is 5. The van der Waals surface area contributed by atoms with Crippen molar-refractivity contribution >= 4 is 45.5 Å². The number of nitriles is 1. The first-order valence-electron chi connectivity index (χ1n) is 13.7. The molecule has 0 aliphatic heterocycles. The fraction of sp³-hybridized carbons (Fsp3) is 0.226. The third kappa shape index (κ3) is 4.53. The molecule has 3 aromatic carbocycles. The fourth-order valence-electron chi connectivity index (χ4n) is 5.14. The number of pyridine rings is 1. The smallest absolute Gasteiger partial charge is 0.110 e. The van der Waals surface area contributed by atoms with E-state index >= 15 is 0 Å². The molecule has 9 heteroatoms. The van der Waals surface area contributed by atoms with Gasteiger partial charge in [-0.25, -0.2) is 4.68 Å². The van der Waals surface area contributed by atoms with Crippen molar-refractivity contribution in [2.75, 3.05) is 10.6 Å². The average Bonchev–Trinajstić information content (AvgIpc) is 3.92. The van der Waals surface area contributed by atoms with Crippen LogP contribution in [0.1, 0.15) is 61.5 Å². The van der Waals surface area contributed by atoms with Crippen LogP contribution in [0.25, 0.3) is 10.9 Å². The molecule has 2 saturated carbocycles. The van der Waals surface area contributed by atoms with E-state index in [-0.39, 0.29) is 5.54 Å². The number of benzene rings is 3. The first kappa shape index (κ1) is 23.7. The van der Waals surface area contributed by atoms with Gasteiger partial charge in [0.05, 0.1) is 47.0 Å². The first-order chi connectivity index (χ1) is 19.9. The van der Waals surface area contributed by atoms with Gasteiger partial charge in [-0.2, -0.15) is 5.26 Å². The van der Waals surface area contributed by atoms with Crippen LogP contribution in [-0.2, 0) is 5.54 Å². The summed E-state index contributed by atoms with van der Waals surface area (Å²) in [4.78, 5) is 4.52. The Morgan fingerprint density at radius 2 is 1.82 bits per heavy atom. The Labute approximate surface area is 243 Å². The van der Waals surface area contributed by atoms with Crippen molar-refractivity contribution in [3.63, 3.8) is 0 Å². The third-order valence-corrected chi connectivity index (χ3v) is 8.20. The fourth-order valence-corrected chi connectivity index (χ4v) is 5.64. The van der Waals surface area contributed by atoms with Gasteiger partial charge in [-0.15, -0.1) is 5.10 Å². The molecular weight excluding hydrogens is 541 g/mol. The summed E-state index contributed by atoms with van der Waals surface area (Å²) in [6, 6.07) is 22.1. The SMILES string of the molecule is [2H][C@](Nc1cc(Cl)c2ncc(C#N)c(NC3(c4ccccc4)CC3)c2c1)(c1cn(C2CC2)nn1)c1ccccc1Cl. The molecule has 5 aromatic rings. The Morgan fingerprint density at radius 3 is 2.55 bits per heavy atom. The van der Waals surface area contributed by atoms with E-state index in [4.69, 9.17) is 23.2 Å². The lowest BCUT2D eigenvalue weighted by molar-refractivity contribution is 0.610. The molecule has 2 fully saturated rings. The van der Waals surface area contributed by atoms with Crippen LogP contribution in [0.15, 0.2) is 79.1 Å². The number of halogens is 2. The Hall–Kier alpha value is -4.12.